The van der Waals surface area contributed by atoms with Crippen LogP contribution in [0.5, 0.6) is 0 Å². The van der Waals surface area contributed by atoms with Crippen LogP contribution in [0.2, 0.25) is 0 Å². The van der Waals surface area contributed by atoms with Gasteiger partial charge in [-0.05, 0) is 50.5 Å². The second-order valence-corrected chi connectivity index (χ2v) is 6.30. The van der Waals surface area contributed by atoms with E-state index in [4.69, 9.17) is 0 Å². The minimum atomic E-state index is 0.464. The zero-order valence-corrected chi connectivity index (χ0v) is 12.2. The summed E-state index contributed by atoms with van der Waals surface area (Å²) in [6, 6.07) is 10.0. The van der Waals surface area contributed by atoms with E-state index in [0.29, 0.717) is 12.1 Å². The van der Waals surface area contributed by atoms with Crippen LogP contribution in [0, 0.1) is 18.8 Å². The van der Waals surface area contributed by atoms with E-state index in [0.717, 1.165) is 11.8 Å². The first-order valence-corrected chi connectivity index (χ1v) is 7.39. The van der Waals surface area contributed by atoms with Crippen molar-refractivity contribution in [1.29, 1.82) is 0 Å². The number of hydrogen-bond donors (Lipinski definition) is 1. The molecular weight excluding hydrogens is 218 g/mol. The summed E-state index contributed by atoms with van der Waals surface area (Å²) < 4.78 is 0. The fourth-order valence-electron chi connectivity index (χ4n) is 3.27. The Morgan fingerprint density at radius 1 is 1.22 bits per heavy atom. The summed E-state index contributed by atoms with van der Waals surface area (Å²) in [6.07, 6.45) is 4.08. The minimum absolute atomic E-state index is 0.464. The third kappa shape index (κ3) is 3.35. The molecule has 0 bridgehead atoms. The van der Waals surface area contributed by atoms with E-state index in [-0.39, 0.29) is 0 Å². The van der Waals surface area contributed by atoms with Crippen molar-refractivity contribution in [2.75, 3.05) is 0 Å². The third-order valence-electron chi connectivity index (χ3n) is 4.44. The number of rotatable bonds is 3. The van der Waals surface area contributed by atoms with Crippen LogP contribution in [-0.2, 0) is 0 Å². The number of benzene rings is 1. The number of hydrogen-bond acceptors (Lipinski definition) is 1. The zero-order valence-electron chi connectivity index (χ0n) is 12.2. The van der Waals surface area contributed by atoms with E-state index in [1.807, 2.05) is 0 Å². The smallest absolute Gasteiger partial charge is 0.0294 e. The predicted molar refractivity (Wildman–Crippen MR) is 78.7 cm³/mol. The molecule has 0 radical (unpaired) electrons. The number of aryl methyl sites for hydroxylation is 1. The highest BCUT2D eigenvalue weighted by Gasteiger charge is 2.26. The highest BCUT2D eigenvalue weighted by molar-refractivity contribution is 5.24. The number of nitrogens with one attached hydrogen (secondary N) is 1. The van der Waals surface area contributed by atoms with Crippen LogP contribution in [0.15, 0.2) is 24.3 Å². The van der Waals surface area contributed by atoms with Gasteiger partial charge in [0.2, 0.25) is 0 Å². The van der Waals surface area contributed by atoms with Crippen LogP contribution >= 0.6 is 0 Å². The maximum absolute atomic E-state index is 3.83. The highest BCUT2D eigenvalue weighted by atomic mass is 15.0. The molecule has 1 aromatic rings. The molecule has 18 heavy (non-hydrogen) atoms. The molecule has 1 nitrogen and oxygen atoms in total. The molecule has 1 N–H and O–H groups in total. The molecule has 2 rings (SSSR count). The lowest BCUT2D eigenvalue weighted by molar-refractivity contribution is 0.216. The lowest BCUT2D eigenvalue weighted by atomic mass is 9.79. The van der Waals surface area contributed by atoms with E-state index in [1.165, 1.54) is 30.4 Å². The summed E-state index contributed by atoms with van der Waals surface area (Å²) in [5.41, 5.74) is 2.77. The lowest BCUT2D eigenvalue weighted by Crippen LogP contribution is -2.40. The van der Waals surface area contributed by atoms with Gasteiger partial charge in [0.15, 0.2) is 0 Å². The summed E-state index contributed by atoms with van der Waals surface area (Å²) in [6.45, 7) is 9.24. The van der Waals surface area contributed by atoms with Crippen LogP contribution in [0.3, 0.4) is 0 Å². The first kappa shape index (κ1) is 13.6. The van der Waals surface area contributed by atoms with Crippen molar-refractivity contribution >= 4 is 0 Å². The Bertz CT molecular complexity index is 385. The normalized spacial score (nSPS) is 30.1. The minimum Gasteiger partial charge on any atom is -0.307 e. The van der Waals surface area contributed by atoms with E-state index >= 15 is 0 Å². The van der Waals surface area contributed by atoms with Crippen LogP contribution in [0.4, 0.5) is 0 Å². The van der Waals surface area contributed by atoms with E-state index in [9.17, 15) is 0 Å². The Hall–Kier alpha value is -0.820. The monoisotopic (exact) mass is 245 g/mol. The Balaban J connectivity index is 1.97. The van der Waals surface area contributed by atoms with E-state index < -0.39 is 0 Å². The summed E-state index contributed by atoms with van der Waals surface area (Å²) >= 11 is 0. The van der Waals surface area contributed by atoms with Crippen molar-refractivity contribution in [3.63, 3.8) is 0 Å². The summed E-state index contributed by atoms with van der Waals surface area (Å²) in [5.74, 6) is 1.72. The summed E-state index contributed by atoms with van der Waals surface area (Å²) in [4.78, 5) is 0. The van der Waals surface area contributed by atoms with Gasteiger partial charge in [-0.15, -0.1) is 0 Å². The Morgan fingerprint density at radius 3 is 2.67 bits per heavy atom. The van der Waals surface area contributed by atoms with Crippen LogP contribution in [0.1, 0.15) is 57.2 Å². The molecule has 0 heterocycles. The Morgan fingerprint density at radius 2 is 2.00 bits per heavy atom. The second-order valence-electron chi connectivity index (χ2n) is 6.30. The van der Waals surface area contributed by atoms with Gasteiger partial charge in [-0.2, -0.15) is 0 Å². The fraction of sp³-hybridized carbons (Fsp3) is 0.647. The van der Waals surface area contributed by atoms with Gasteiger partial charge < -0.3 is 5.32 Å². The molecule has 1 fully saturated rings. The second kappa shape index (κ2) is 5.88. The van der Waals surface area contributed by atoms with Crippen molar-refractivity contribution in [3.8, 4) is 0 Å². The van der Waals surface area contributed by atoms with Gasteiger partial charge in [-0.25, -0.2) is 0 Å². The quantitative estimate of drug-likeness (QED) is 0.828. The summed E-state index contributed by atoms with van der Waals surface area (Å²) in [7, 11) is 0. The van der Waals surface area contributed by atoms with E-state index in [2.05, 4.69) is 57.3 Å². The van der Waals surface area contributed by atoms with E-state index in [1.54, 1.807) is 0 Å². The average molecular weight is 245 g/mol. The van der Waals surface area contributed by atoms with Gasteiger partial charge in [0, 0.05) is 12.1 Å². The SMILES string of the molecule is Cc1cccc([C@@H](C)NC2CCC(C)CC2C)c1. The molecule has 0 aromatic heterocycles. The first-order valence-electron chi connectivity index (χ1n) is 7.39. The molecule has 1 aliphatic carbocycles. The molecule has 1 saturated carbocycles. The van der Waals surface area contributed by atoms with Crippen molar-refractivity contribution in [2.45, 2.75) is 59.0 Å². The van der Waals surface area contributed by atoms with Gasteiger partial charge in [0.05, 0.1) is 0 Å². The van der Waals surface area contributed by atoms with Crippen molar-refractivity contribution in [3.05, 3.63) is 35.4 Å². The maximum atomic E-state index is 3.83. The molecule has 0 saturated heterocycles. The highest BCUT2D eigenvalue weighted by Crippen LogP contribution is 2.30. The lowest BCUT2D eigenvalue weighted by Gasteiger charge is -2.35. The van der Waals surface area contributed by atoms with Gasteiger partial charge in [-0.1, -0.05) is 43.7 Å². The van der Waals surface area contributed by atoms with Gasteiger partial charge in [-0.3, -0.25) is 0 Å². The van der Waals surface area contributed by atoms with Gasteiger partial charge in [0.25, 0.3) is 0 Å². The summed E-state index contributed by atoms with van der Waals surface area (Å²) in [5, 5.41) is 3.83. The Kier molecular flexibility index (Phi) is 4.45. The van der Waals surface area contributed by atoms with Crippen molar-refractivity contribution < 1.29 is 0 Å². The molecule has 0 amide bonds. The van der Waals surface area contributed by atoms with Gasteiger partial charge in [0.1, 0.15) is 0 Å². The van der Waals surface area contributed by atoms with Crippen LogP contribution < -0.4 is 5.32 Å². The maximum Gasteiger partial charge on any atom is 0.0294 e. The van der Waals surface area contributed by atoms with Crippen molar-refractivity contribution in [1.82, 2.24) is 5.32 Å². The van der Waals surface area contributed by atoms with Gasteiger partial charge >= 0.3 is 0 Å². The fourth-order valence-corrected chi connectivity index (χ4v) is 3.27. The molecule has 100 valence electrons. The van der Waals surface area contributed by atoms with Crippen LogP contribution in [0.25, 0.3) is 0 Å². The average Bonchev–Trinajstić information content (AvgIpc) is 2.32. The largest absolute Gasteiger partial charge is 0.307 e. The molecule has 0 aliphatic heterocycles. The zero-order chi connectivity index (χ0) is 13.1. The topological polar surface area (TPSA) is 12.0 Å². The molecule has 4 atom stereocenters. The first-order chi connectivity index (χ1) is 8.56. The third-order valence-corrected chi connectivity index (χ3v) is 4.44. The van der Waals surface area contributed by atoms with Crippen LogP contribution in [-0.4, -0.2) is 6.04 Å². The standard InChI is InChI=1S/C17H27N/c1-12-6-5-7-16(11-12)15(4)18-17-9-8-13(2)10-14(17)3/h5-7,11,13-15,17-18H,8-10H2,1-4H3/t13?,14?,15-,17?/m1/s1. The Labute approximate surface area is 112 Å². The molecule has 1 aromatic carbocycles. The molecular formula is C17H27N. The van der Waals surface area contributed by atoms with Crippen molar-refractivity contribution in [2.24, 2.45) is 11.8 Å². The molecule has 3 unspecified atom stereocenters. The molecule has 0 spiro atoms. The molecule has 1 heteroatoms. The predicted octanol–water partition coefficient (Wildman–Crippen LogP) is 4.47. The molecule has 1 aliphatic rings.